The molecule has 1 aromatic heterocycles. The molecule has 0 spiro atoms. The molecule has 1 aliphatic heterocycles. The van der Waals surface area contributed by atoms with Crippen molar-refractivity contribution in [3.05, 3.63) is 36.7 Å². The van der Waals surface area contributed by atoms with Crippen LogP contribution in [0.2, 0.25) is 0 Å². The van der Waals surface area contributed by atoms with Crippen molar-refractivity contribution in [3.63, 3.8) is 0 Å². The summed E-state index contributed by atoms with van der Waals surface area (Å²) in [6.45, 7) is 1.84. The smallest absolute Gasteiger partial charge is 0.227 e. The number of carbonyl (C=O) groups is 1. The average Bonchev–Trinajstić information content (AvgIpc) is 3.03. The number of hydrogen-bond donors (Lipinski definition) is 2. The van der Waals surface area contributed by atoms with Gasteiger partial charge in [-0.3, -0.25) is 4.79 Å². The Labute approximate surface area is 117 Å². The number of carbonyl (C=O) groups excluding carboxylic acids is 1. The Morgan fingerprint density at radius 3 is 2.65 bits per heavy atom. The number of nitrogens with one attached hydrogen (secondary N) is 2. The predicted octanol–water partition coefficient (Wildman–Crippen LogP) is 1.21. The van der Waals surface area contributed by atoms with Gasteiger partial charge in [0.05, 0.1) is 18.1 Å². The lowest BCUT2D eigenvalue weighted by atomic mass is 9.97. The van der Waals surface area contributed by atoms with Gasteiger partial charge in [0, 0.05) is 11.6 Å². The Hall–Kier alpha value is -2.21. The molecule has 104 valence electrons. The van der Waals surface area contributed by atoms with Crippen LogP contribution in [0.4, 0.5) is 5.69 Å². The highest BCUT2D eigenvalue weighted by atomic mass is 16.1. The van der Waals surface area contributed by atoms with Crippen LogP contribution in [-0.2, 0) is 4.79 Å². The van der Waals surface area contributed by atoms with Crippen molar-refractivity contribution in [3.8, 4) is 5.69 Å². The Morgan fingerprint density at radius 1 is 1.25 bits per heavy atom. The first-order chi connectivity index (χ1) is 9.83. The third-order valence-electron chi connectivity index (χ3n) is 3.53. The van der Waals surface area contributed by atoms with Crippen molar-refractivity contribution in [1.82, 2.24) is 20.3 Å². The fraction of sp³-hybridized carbons (Fsp3) is 0.357. The molecule has 1 saturated heterocycles. The fourth-order valence-electron chi connectivity index (χ4n) is 2.37. The van der Waals surface area contributed by atoms with Crippen LogP contribution >= 0.6 is 0 Å². The van der Waals surface area contributed by atoms with E-state index in [4.69, 9.17) is 0 Å². The molecular weight excluding hydrogens is 254 g/mol. The number of anilines is 1. The van der Waals surface area contributed by atoms with Gasteiger partial charge in [0.2, 0.25) is 5.91 Å². The van der Waals surface area contributed by atoms with Crippen LogP contribution in [0.25, 0.3) is 5.69 Å². The zero-order valence-electron chi connectivity index (χ0n) is 11.1. The van der Waals surface area contributed by atoms with E-state index in [1.807, 2.05) is 24.3 Å². The van der Waals surface area contributed by atoms with Gasteiger partial charge in [-0.25, -0.2) is 4.68 Å². The topological polar surface area (TPSA) is 71.8 Å². The lowest BCUT2D eigenvalue weighted by Crippen LogP contribution is -2.34. The third kappa shape index (κ3) is 2.85. The van der Waals surface area contributed by atoms with Gasteiger partial charge < -0.3 is 10.6 Å². The average molecular weight is 271 g/mol. The first-order valence-electron chi connectivity index (χ1n) is 6.81. The van der Waals surface area contributed by atoms with E-state index in [9.17, 15) is 4.79 Å². The molecule has 0 aliphatic carbocycles. The lowest BCUT2D eigenvalue weighted by Gasteiger charge is -2.21. The van der Waals surface area contributed by atoms with Crippen LogP contribution in [0.3, 0.4) is 0 Å². The summed E-state index contributed by atoms with van der Waals surface area (Å²) in [5, 5.41) is 13.9. The van der Waals surface area contributed by atoms with E-state index in [0.29, 0.717) is 0 Å². The second kappa shape index (κ2) is 5.83. The van der Waals surface area contributed by atoms with Gasteiger partial charge in [-0.2, -0.15) is 0 Å². The van der Waals surface area contributed by atoms with Crippen molar-refractivity contribution >= 4 is 11.6 Å². The monoisotopic (exact) mass is 271 g/mol. The molecule has 1 amide bonds. The number of rotatable bonds is 3. The molecule has 2 heterocycles. The summed E-state index contributed by atoms with van der Waals surface area (Å²) >= 11 is 0. The maximum atomic E-state index is 12.1. The molecule has 1 aromatic carbocycles. The molecule has 3 rings (SSSR count). The predicted molar refractivity (Wildman–Crippen MR) is 75.6 cm³/mol. The number of benzene rings is 1. The van der Waals surface area contributed by atoms with Crippen LogP contribution in [0, 0.1) is 5.92 Å². The summed E-state index contributed by atoms with van der Waals surface area (Å²) in [4.78, 5) is 12.1. The third-order valence-corrected chi connectivity index (χ3v) is 3.53. The number of aromatic nitrogens is 3. The van der Waals surface area contributed by atoms with Gasteiger partial charge in [0.15, 0.2) is 0 Å². The van der Waals surface area contributed by atoms with Crippen LogP contribution < -0.4 is 10.6 Å². The molecule has 0 bridgehead atoms. The SMILES string of the molecule is O=C(Nc1ccc(-n2ccnn2)cc1)C1CCNCC1. The van der Waals surface area contributed by atoms with Crippen LogP contribution in [-0.4, -0.2) is 34.0 Å². The summed E-state index contributed by atoms with van der Waals surface area (Å²) < 4.78 is 1.68. The van der Waals surface area contributed by atoms with Crippen LogP contribution in [0.15, 0.2) is 36.7 Å². The minimum Gasteiger partial charge on any atom is -0.326 e. The van der Waals surface area contributed by atoms with E-state index >= 15 is 0 Å². The standard InChI is InChI=1S/C14H17N5O/c20-14(11-5-7-15-8-6-11)17-12-1-3-13(4-2-12)19-10-9-16-18-19/h1-4,9-11,15H,5-8H2,(H,17,20). The number of piperidine rings is 1. The highest BCUT2D eigenvalue weighted by molar-refractivity contribution is 5.92. The molecule has 6 nitrogen and oxygen atoms in total. The Bertz CT molecular complexity index is 558. The van der Waals surface area contributed by atoms with Crippen molar-refractivity contribution in [1.29, 1.82) is 0 Å². The molecule has 0 atom stereocenters. The van der Waals surface area contributed by atoms with Crippen molar-refractivity contribution in [2.45, 2.75) is 12.8 Å². The van der Waals surface area contributed by atoms with Gasteiger partial charge in [-0.05, 0) is 50.2 Å². The summed E-state index contributed by atoms with van der Waals surface area (Å²) in [6, 6.07) is 7.59. The second-order valence-electron chi connectivity index (χ2n) is 4.91. The molecule has 1 fully saturated rings. The minimum atomic E-state index is 0.111. The van der Waals surface area contributed by atoms with Gasteiger partial charge in [-0.1, -0.05) is 5.21 Å². The Kier molecular flexibility index (Phi) is 3.73. The van der Waals surface area contributed by atoms with E-state index < -0.39 is 0 Å². The van der Waals surface area contributed by atoms with Gasteiger partial charge in [0.25, 0.3) is 0 Å². The van der Waals surface area contributed by atoms with E-state index in [-0.39, 0.29) is 11.8 Å². The molecule has 6 heteroatoms. The second-order valence-corrected chi connectivity index (χ2v) is 4.91. The number of hydrogen-bond acceptors (Lipinski definition) is 4. The lowest BCUT2D eigenvalue weighted by molar-refractivity contribution is -0.120. The molecule has 0 radical (unpaired) electrons. The molecule has 1 aliphatic rings. The Morgan fingerprint density at radius 2 is 2.00 bits per heavy atom. The van der Waals surface area contributed by atoms with Crippen LogP contribution in [0.5, 0.6) is 0 Å². The maximum Gasteiger partial charge on any atom is 0.227 e. The largest absolute Gasteiger partial charge is 0.326 e. The minimum absolute atomic E-state index is 0.111. The van der Waals surface area contributed by atoms with Crippen molar-refractivity contribution in [2.24, 2.45) is 5.92 Å². The summed E-state index contributed by atoms with van der Waals surface area (Å²) in [6.07, 6.45) is 5.22. The molecule has 2 N–H and O–H groups in total. The molecule has 2 aromatic rings. The molecule has 20 heavy (non-hydrogen) atoms. The zero-order chi connectivity index (χ0) is 13.8. The maximum absolute atomic E-state index is 12.1. The Balaban J connectivity index is 1.64. The summed E-state index contributed by atoms with van der Waals surface area (Å²) in [7, 11) is 0. The first kappa shape index (κ1) is 12.8. The van der Waals surface area contributed by atoms with E-state index in [2.05, 4.69) is 20.9 Å². The van der Waals surface area contributed by atoms with Gasteiger partial charge in [-0.15, -0.1) is 5.10 Å². The fourth-order valence-corrected chi connectivity index (χ4v) is 2.37. The zero-order valence-corrected chi connectivity index (χ0v) is 11.1. The molecule has 0 saturated carbocycles. The van der Waals surface area contributed by atoms with E-state index in [1.165, 1.54) is 0 Å². The van der Waals surface area contributed by atoms with Crippen molar-refractivity contribution < 1.29 is 4.79 Å². The molecule has 0 unspecified atom stereocenters. The first-order valence-corrected chi connectivity index (χ1v) is 6.81. The highest BCUT2D eigenvalue weighted by Gasteiger charge is 2.20. The van der Waals surface area contributed by atoms with Crippen molar-refractivity contribution in [2.75, 3.05) is 18.4 Å². The van der Waals surface area contributed by atoms with E-state index in [0.717, 1.165) is 37.3 Å². The van der Waals surface area contributed by atoms with Gasteiger partial charge in [0.1, 0.15) is 0 Å². The summed E-state index contributed by atoms with van der Waals surface area (Å²) in [5.74, 6) is 0.228. The van der Waals surface area contributed by atoms with Crippen LogP contribution in [0.1, 0.15) is 12.8 Å². The van der Waals surface area contributed by atoms with E-state index in [1.54, 1.807) is 17.1 Å². The number of amides is 1. The number of nitrogens with zero attached hydrogens (tertiary/aromatic N) is 3. The normalized spacial score (nSPS) is 16.0. The quantitative estimate of drug-likeness (QED) is 0.880. The molecular formula is C14H17N5O. The summed E-state index contributed by atoms with van der Waals surface area (Å²) in [5.41, 5.74) is 1.74. The highest BCUT2D eigenvalue weighted by Crippen LogP contribution is 2.17. The van der Waals surface area contributed by atoms with Gasteiger partial charge >= 0.3 is 0 Å².